The van der Waals surface area contributed by atoms with Gasteiger partial charge in [-0.25, -0.2) is 5.84 Å². The largest absolute Gasteiger partial charge is 0.294 e. The second-order valence-corrected chi connectivity index (χ2v) is 3.18. The number of rotatable bonds is 3. The van der Waals surface area contributed by atoms with Crippen LogP contribution in [-0.4, -0.2) is 24.6 Å². The highest BCUT2D eigenvalue weighted by Gasteiger charge is 2.07. The van der Waals surface area contributed by atoms with Gasteiger partial charge in [0.1, 0.15) is 0 Å². The van der Waals surface area contributed by atoms with Gasteiger partial charge in [-0.15, -0.1) is 0 Å². The lowest BCUT2D eigenvalue weighted by atomic mass is 10.5. The molecule has 6 nitrogen and oxygen atoms in total. The van der Waals surface area contributed by atoms with Crippen LogP contribution in [0.1, 0.15) is 6.42 Å². The Kier molecular flexibility index (Phi) is 3.26. The lowest BCUT2D eigenvalue weighted by molar-refractivity contribution is -0.120. The first-order chi connectivity index (χ1) is 4.45. The maximum atomic E-state index is 10.2. The van der Waals surface area contributed by atoms with Crippen LogP contribution in [0.15, 0.2) is 0 Å². The van der Waals surface area contributed by atoms with Crippen molar-refractivity contribution in [3.63, 3.8) is 0 Å². The van der Waals surface area contributed by atoms with Gasteiger partial charge in [0.05, 0.1) is 5.75 Å². The molecule has 7 heteroatoms. The molecule has 0 heterocycles. The van der Waals surface area contributed by atoms with Gasteiger partial charge in [-0.1, -0.05) is 0 Å². The van der Waals surface area contributed by atoms with Crippen molar-refractivity contribution in [1.29, 1.82) is 0 Å². The summed E-state index contributed by atoms with van der Waals surface area (Å²) in [5, 5.41) is 0. The van der Waals surface area contributed by atoms with Crippen LogP contribution in [0.4, 0.5) is 0 Å². The molecule has 0 atom stereocenters. The van der Waals surface area contributed by atoms with Crippen molar-refractivity contribution >= 4 is 16.0 Å². The Labute approximate surface area is 58.1 Å². The van der Waals surface area contributed by atoms with Crippen LogP contribution >= 0.6 is 0 Å². The zero-order chi connectivity index (χ0) is 8.20. The first kappa shape index (κ1) is 9.34. The maximum Gasteiger partial charge on any atom is 0.265 e. The molecule has 0 radical (unpaired) electrons. The van der Waals surface area contributed by atoms with Crippen molar-refractivity contribution < 1.29 is 17.8 Å². The zero-order valence-corrected chi connectivity index (χ0v) is 5.89. The molecule has 60 valence electrons. The fraction of sp³-hybridized carbons (Fsp3) is 0.667. The van der Waals surface area contributed by atoms with E-state index in [1.807, 2.05) is 0 Å². The number of hydrogen-bond acceptors (Lipinski definition) is 4. The number of hydrogen-bond donors (Lipinski definition) is 3. The first-order valence-electron chi connectivity index (χ1n) is 2.40. The summed E-state index contributed by atoms with van der Waals surface area (Å²) in [4.78, 5) is 10.2. The second-order valence-electron chi connectivity index (χ2n) is 1.60. The van der Waals surface area contributed by atoms with E-state index in [1.54, 1.807) is 5.43 Å². The average Bonchev–Trinajstić information content (AvgIpc) is 1.81. The Bertz CT molecular complexity index is 209. The summed E-state index contributed by atoms with van der Waals surface area (Å²) in [7, 11) is -4.05. The van der Waals surface area contributed by atoms with Gasteiger partial charge in [0.2, 0.25) is 5.91 Å². The molecule has 0 spiro atoms. The smallest absolute Gasteiger partial charge is 0.265 e. The Morgan fingerprint density at radius 1 is 1.60 bits per heavy atom. The van der Waals surface area contributed by atoms with E-state index < -0.39 is 21.8 Å². The number of nitrogens with two attached hydrogens (primary N) is 1. The molecule has 0 aliphatic heterocycles. The Morgan fingerprint density at radius 3 is 2.40 bits per heavy atom. The molecule has 4 N–H and O–H groups in total. The molecule has 0 rings (SSSR count). The van der Waals surface area contributed by atoms with Gasteiger partial charge >= 0.3 is 0 Å². The van der Waals surface area contributed by atoms with Crippen molar-refractivity contribution in [2.75, 3.05) is 5.75 Å². The van der Waals surface area contributed by atoms with Gasteiger partial charge in [-0.3, -0.25) is 14.8 Å². The van der Waals surface area contributed by atoms with Gasteiger partial charge in [0.15, 0.2) is 0 Å². The normalized spacial score (nSPS) is 11.0. The van der Waals surface area contributed by atoms with E-state index in [0.29, 0.717) is 0 Å². The number of carbonyl (C=O) groups is 1. The van der Waals surface area contributed by atoms with Crippen LogP contribution in [0.5, 0.6) is 0 Å². The van der Waals surface area contributed by atoms with Crippen molar-refractivity contribution in [2.24, 2.45) is 5.84 Å². The van der Waals surface area contributed by atoms with Crippen molar-refractivity contribution in [2.45, 2.75) is 6.42 Å². The van der Waals surface area contributed by atoms with Gasteiger partial charge in [-0.2, -0.15) is 8.42 Å². The van der Waals surface area contributed by atoms with Crippen LogP contribution in [-0.2, 0) is 14.9 Å². The Morgan fingerprint density at radius 2 is 2.10 bits per heavy atom. The molecular formula is C3H8N2O4S. The number of carbonyl (C=O) groups excluding carboxylic acids is 1. The quantitative estimate of drug-likeness (QED) is 0.200. The topological polar surface area (TPSA) is 109 Å². The highest BCUT2D eigenvalue weighted by atomic mass is 32.2. The lowest BCUT2D eigenvalue weighted by Gasteiger charge is -1.95. The lowest BCUT2D eigenvalue weighted by Crippen LogP contribution is -2.31. The fourth-order valence-corrected chi connectivity index (χ4v) is 0.737. The van der Waals surface area contributed by atoms with E-state index in [-0.39, 0.29) is 6.42 Å². The highest BCUT2D eigenvalue weighted by Crippen LogP contribution is 1.86. The van der Waals surface area contributed by atoms with Crippen molar-refractivity contribution in [3.8, 4) is 0 Å². The summed E-state index contributed by atoms with van der Waals surface area (Å²) in [6.07, 6.45) is -0.324. The molecule has 0 unspecified atom stereocenters. The summed E-state index contributed by atoms with van der Waals surface area (Å²) < 4.78 is 28.1. The summed E-state index contributed by atoms with van der Waals surface area (Å²) >= 11 is 0. The van der Waals surface area contributed by atoms with Crippen LogP contribution in [0, 0.1) is 0 Å². The highest BCUT2D eigenvalue weighted by molar-refractivity contribution is 7.85. The summed E-state index contributed by atoms with van der Waals surface area (Å²) in [5.74, 6) is 3.40. The van der Waals surface area contributed by atoms with E-state index in [1.165, 1.54) is 0 Å². The molecule has 0 aliphatic carbocycles. The van der Waals surface area contributed by atoms with Gasteiger partial charge in [-0.05, 0) is 0 Å². The number of nitrogens with one attached hydrogen (secondary N) is 1. The van der Waals surface area contributed by atoms with Crippen LogP contribution in [0.25, 0.3) is 0 Å². The molecule has 0 aromatic carbocycles. The second kappa shape index (κ2) is 3.49. The molecule has 1 amide bonds. The van der Waals surface area contributed by atoms with Crippen LogP contribution < -0.4 is 11.3 Å². The van der Waals surface area contributed by atoms with Crippen molar-refractivity contribution in [3.05, 3.63) is 0 Å². The predicted octanol–water partition coefficient (Wildman–Crippen LogP) is -1.75. The molecule has 0 fully saturated rings. The minimum atomic E-state index is -4.05. The van der Waals surface area contributed by atoms with Gasteiger partial charge in [0.25, 0.3) is 10.1 Å². The molecule has 0 aliphatic rings. The van der Waals surface area contributed by atoms with Crippen LogP contribution in [0.3, 0.4) is 0 Å². The summed E-state index contributed by atoms with van der Waals surface area (Å²) in [5.41, 5.74) is 1.72. The maximum absolute atomic E-state index is 10.2. The third kappa shape index (κ3) is 5.48. The third-order valence-corrected chi connectivity index (χ3v) is 1.47. The number of hydrazine groups is 1. The Balaban J connectivity index is 3.67. The van der Waals surface area contributed by atoms with E-state index in [4.69, 9.17) is 4.55 Å². The molecule has 0 aromatic heterocycles. The van der Waals surface area contributed by atoms with E-state index in [9.17, 15) is 13.2 Å². The van der Waals surface area contributed by atoms with Crippen molar-refractivity contribution in [1.82, 2.24) is 5.43 Å². The predicted molar refractivity (Wildman–Crippen MR) is 33.4 cm³/mol. The fourth-order valence-electron chi connectivity index (χ4n) is 0.294. The summed E-state index contributed by atoms with van der Waals surface area (Å²) in [6, 6.07) is 0. The molecule has 10 heavy (non-hydrogen) atoms. The van der Waals surface area contributed by atoms with Gasteiger partial charge in [0, 0.05) is 6.42 Å². The third-order valence-electron chi connectivity index (χ3n) is 0.748. The molecule has 0 aromatic rings. The minimum absolute atomic E-state index is 0.324. The average molecular weight is 168 g/mol. The molecule has 0 saturated carbocycles. The molecule has 0 bridgehead atoms. The minimum Gasteiger partial charge on any atom is -0.294 e. The van der Waals surface area contributed by atoms with E-state index in [2.05, 4.69) is 5.84 Å². The van der Waals surface area contributed by atoms with E-state index >= 15 is 0 Å². The first-order valence-corrected chi connectivity index (χ1v) is 4.01. The standard InChI is InChI=1S/C3H8N2O4S/c4-5-3(6)1-2-10(7,8)9/h1-2,4H2,(H,5,6)(H,7,8,9). The van der Waals surface area contributed by atoms with Gasteiger partial charge < -0.3 is 0 Å². The molecule has 0 saturated heterocycles. The number of amides is 1. The summed E-state index contributed by atoms with van der Waals surface area (Å²) in [6.45, 7) is 0. The van der Waals surface area contributed by atoms with Crippen LogP contribution in [0.2, 0.25) is 0 Å². The van der Waals surface area contributed by atoms with E-state index in [0.717, 1.165) is 0 Å². The Hall–Kier alpha value is -0.660. The monoisotopic (exact) mass is 168 g/mol. The zero-order valence-electron chi connectivity index (χ0n) is 5.07. The SMILES string of the molecule is NNC(=O)CCS(=O)(=O)O. The molecular weight excluding hydrogens is 160 g/mol.